The molecule has 0 spiro atoms. The fourth-order valence-electron chi connectivity index (χ4n) is 1.40. The van der Waals surface area contributed by atoms with Gasteiger partial charge in [-0.3, -0.25) is 9.59 Å². The van der Waals surface area contributed by atoms with Crippen LogP contribution in [0.15, 0.2) is 0 Å². The lowest BCUT2D eigenvalue weighted by Gasteiger charge is -2.23. The lowest BCUT2D eigenvalue weighted by molar-refractivity contribution is -0.178. The Balaban J connectivity index is 4.50. The number of alkyl carbamates (subject to hydrolysis) is 1. The molecule has 0 aliphatic heterocycles. The molecule has 8 heteroatoms. The van der Waals surface area contributed by atoms with Gasteiger partial charge >= 0.3 is 18.0 Å². The minimum atomic E-state index is -1.01. The number of esters is 1. The number of rotatable bonds is 10. The molecule has 2 atom stereocenters. The van der Waals surface area contributed by atoms with Crippen LogP contribution in [-0.4, -0.2) is 47.0 Å². The number of carbonyl (C=O) groups is 3. The molecule has 0 heterocycles. The summed E-state index contributed by atoms with van der Waals surface area (Å²) in [7, 11) is 0. The van der Waals surface area contributed by atoms with Crippen molar-refractivity contribution in [2.45, 2.75) is 53.1 Å². The molecule has 0 bridgehead atoms. The van der Waals surface area contributed by atoms with E-state index in [1.54, 1.807) is 27.7 Å². The van der Waals surface area contributed by atoms with E-state index < -0.39 is 29.6 Å². The second kappa shape index (κ2) is 11.2. The molecule has 0 aliphatic rings. The first-order valence-corrected chi connectivity index (χ1v) is 9.08. The van der Waals surface area contributed by atoms with Crippen molar-refractivity contribution in [1.82, 2.24) is 5.32 Å². The first-order valence-electron chi connectivity index (χ1n) is 8.03. The summed E-state index contributed by atoms with van der Waals surface area (Å²) in [6.45, 7) is 10.8. The number of nitrogens with one attached hydrogen (secondary N) is 1. The number of thioether (sulfide) groups is 1. The number of carboxylic acid groups (broad SMARTS) is 1. The summed E-state index contributed by atoms with van der Waals surface area (Å²) in [5, 5.41) is 10.8. The third kappa shape index (κ3) is 9.64. The molecular weight excluding hydrogens is 334 g/mol. The summed E-state index contributed by atoms with van der Waals surface area (Å²) >= 11 is 1.26. The summed E-state index contributed by atoms with van der Waals surface area (Å²) in [6, 6.07) is 0. The topological polar surface area (TPSA) is 102 Å². The molecule has 0 aromatic heterocycles. The largest absolute Gasteiger partial charge is 0.480 e. The van der Waals surface area contributed by atoms with Crippen LogP contribution in [-0.2, 0) is 19.1 Å². The Bertz CT molecular complexity index is 425. The number of ether oxygens (including phenoxy) is 2. The van der Waals surface area contributed by atoms with Gasteiger partial charge in [0.05, 0.1) is 5.92 Å². The van der Waals surface area contributed by atoms with Crippen molar-refractivity contribution < 1.29 is 29.0 Å². The van der Waals surface area contributed by atoms with E-state index in [2.05, 4.69) is 5.32 Å². The van der Waals surface area contributed by atoms with E-state index in [1.165, 1.54) is 11.8 Å². The lowest BCUT2D eigenvalue weighted by atomic mass is 10.2. The maximum absolute atomic E-state index is 11.8. The minimum Gasteiger partial charge on any atom is -0.480 e. The summed E-state index contributed by atoms with van der Waals surface area (Å²) in [5.74, 6) is -0.978. The lowest BCUT2D eigenvalue weighted by Crippen LogP contribution is -2.39. The molecule has 7 nitrogen and oxygen atoms in total. The standard InChI is InChI=1S/C16H29NO6S/c1-9(2)8-24-12(13(18)19)7-17-16(21)23-15(11(5)6)22-14(20)10(3)4/h9-12,15H,7-8H2,1-6H3,(H,17,21)(H,18,19)/t12-,15+/m0/s1. The van der Waals surface area contributed by atoms with Crippen molar-refractivity contribution in [3.63, 3.8) is 0 Å². The van der Waals surface area contributed by atoms with E-state index in [0.29, 0.717) is 11.7 Å². The predicted octanol–water partition coefficient (Wildman–Crippen LogP) is 2.74. The first kappa shape index (κ1) is 22.6. The summed E-state index contributed by atoms with van der Waals surface area (Å²) in [5.41, 5.74) is 0. The highest BCUT2D eigenvalue weighted by molar-refractivity contribution is 8.00. The van der Waals surface area contributed by atoms with Gasteiger partial charge in [0.2, 0.25) is 0 Å². The fraction of sp³-hybridized carbons (Fsp3) is 0.812. The molecule has 0 aromatic rings. The number of amides is 1. The van der Waals surface area contributed by atoms with Gasteiger partial charge < -0.3 is 19.9 Å². The Morgan fingerprint density at radius 3 is 2.04 bits per heavy atom. The number of carbonyl (C=O) groups excluding carboxylic acids is 2. The molecular formula is C16H29NO6S. The highest BCUT2D eigenvalue weighted by atomic mass is 32.2. The van der Waals surface area contributed by atoms with Crippen LogP contribution in [0.25, 0.3) is 0 Å². The maximum atomic E-state index is 11.8. The average molecular weight is 363 g/mol. The van der Waals surface area contributed by atoms with Gasteiger partial charge in [0.25, 0.3) is 6.29 Å². The zero-order valence-electron chi connectivity index (χ0n) is 15.2. The monoisotopic (exact) mass is 363 g/mol. The van der Waals surface area contributed by atoms with Gasteiger partial charge in [-0.1, -0.05) is 41.5 Å². The smallest absolute Gasteiger partial charge is 0.410 e. The molecule has 0 aliphatic carbocycles. The summed E-state index contributed by atoms with van der Waals surface area (Å²) in [4.78, 5) is 34.7. The Morgan fingerprint density at radius 2 is 1.62 bits per heavy atom. The Kier molecular flexibility index (Phi) is 10.5. The van der Waals surface area contributed by atoms with Crippen LogP contribution in [0.4, 0.5) is 4.79 Å². The molecule has 0 fully saturated rings. The van der Waals surface area contributed by atoms with E-state index in [1.807, 2.05) is 13.8 Å². The van der Waals surface area contributed by atoms with Crippen LogP contribution < -0.4 is 5.32 Å². The van der Waals surface area contributed by atoms with Gasteiger partial charge in [-0.25, -0.2) is 4.79 Å². The van der Waals surface area contributed by atoms with Gasteiger partial charge in [-0.05, 0) is 11.7 Å². The van der Waals surface area contributed by atoms with E-state index in [4.69, 9.17) is 14.6 Å². The van der Waals surface area contributed by atoms with Crippen LogP contribution in [0.2, 0.25) is 0 Å². The van der Waals surface area contributed by atoms with Gasteiger partial charge in [0.15, 0.2) is 0 Å². The van der Waals surface area contributed by atoms with Crippen LogP contribution >= 0.6 is 11.8 Å². The average Bonchev–Trinajstić information content (AvgIpc) is 2.45. The highest BCUT2D eigenvalue weighted by Gasteiger charge is 2.25. The van der Waals surface area contributed by atoms with Gasteiger partial charge in [0.1, 0.15) is 5.25 Å². The number of hydrogen-bond acceptors (Lipinski definition) is 6. The maximum Gasteiger partial charge on any atom is 0.410 e. The van der Waals surface area contributed by atoms with Gasteiger partial charge in [0, 0.05) is 12.5 Å². The highest BCUT2D eigenvalue weighted by Crippen LogP contribution is 2.15. The molecule has 0 aromatic carbocycles. The predicted molar refractivity (Wildman–Crippen MR) is 92.8 cm³/mol. The molecule has 0 radical (unpaired) electrons. The van der Waals surface area contributed by atoms with E-state index in [-0.39, 0.29) is 18.4 Å². The van der Waals surface area contributed by atoms with Crippen LogP contribution in [0.5, 0.6) is 0 Å². The fourth-order valence-corrected chi connectivity index (χ4v) is 2.36. The van der Waals surface area contributed by atoms with Crippen LogP contribution in [0.1, 0.15) is 41.5 Å². The molecule has 0 saturated carbocycles. The van der Waals surface area contributed by atoms with Crippen molar-refractivity contribution in [2.75, 3.05) is 12.3 Å². The van der Waals surface area contributed by atoms with Crippen molar-refractivity contribution in [1.29, 1.82) is 0 Å². The molecule has 0 unspecified atom stereocenters. The Morgan fingerprint density at radius 1 is 1.04 bits per heavy atom. The summed E-state index contributed by atoms with van der Waals surface area (Å²) < 4.78 is 10.2. The van der Waals surface area contributed by atoms with E-state index in [9.17, 15) is 14.4 Å². The number of hydrogen-bond donors (Lipinski definition) is 2. The SMILES string of the molecule is CC(C)CS[C@@H](CNC(=O)O[C@@H](OC(=O)C(C)C)C(C)C)C(=O)O. The zero-order valence-corrected chi connectivity index (χ0v) is 16.0. The quantitative estimate of drug-likeness (QED) is 0.454. The first-order chi connectivity index (χ1) is 11.0. The molecule has 2 N–H and O–H groups in total. The number of carboxylic acids is 1. The minimum absolute atomic E-state index is 0.0610. The van der Waals surface area contributed by atoms with Crippen molar-refractivity contribution in [2.24, 2.45) is 17.8 Å². The molecule has 0 rings (SSSR count). The van der Waals surface area contributed by atoms with Crippen molar-refractivity contribution >= 4 is 29.8 Å². The zero-order chi connectivity index (χ0) is 18.9. The van der Waals surface area contributed by atoms with Crippen LogP contribution in [0, 0.1) is 17.8 Å². The number of aliphatic carboxylic acids is 1. The Labute approximate surface area is 147 Å². The third-order valence-corrected chi connectivity index (χ3v) is 4.44. The molecule has 140 valence electrons. The van der Waals surface area contributed by atoms with Gasteiger partial charge in [-0.2, -0.15) is 0 Å². The van der Waals surface area contributed by atoms with Crippen LogP contribution in [0.3, 0.4) is 0 Å². The summed E-state index contributed by atoms with van der Waals surface area (Å²) in [6.07, 6.45) is -1.81. The third-order valence-electron chi connectivity index (χ3n) is 2.81. The normalized spacial score (nSPS) is 13.7. The van der Waals surface area contributed by atoms with E-state index in [0.717, 1.165) is 0 Å². The van der Waals surface area contributed by atoms with Gasteiger partial charge in [-0.15, -0.1) is 11.8 Å². The van der Waals surface area contributed by atoms with Crippen molar-refractivity contribution in [3.05, 3.63) is 0 Å². The van der Waals surface area contributed by atoms with E-state index >= 15 is 0 Å². The second-order valence-corrected chi connectivity index (χ2v) is 7.78. The second-order valence-electron chi connectivity index (χ2n) is 6.54. The Hall–Kier alpha value is -1.44. The molecule has 1 amide bonds. The van der Waals surface area contributed by atoms with Crippen molar-refractivity contribution in [3.8, 4) is 0 Å². The molecule has 24 heavy (non-hydrogen) atoms. The molecule has 0 saturated heterocycles.